The van der Waals surface area contributed by atoms with Gasteiger partial charge >= 0.3 is 0 Å². The van der Waals surface area contributed by atoms with E-state index in [1.165, 1.54) is 7.11 Å². The fraction of sp³-hybridized carbons (Fsp3) is 0.533. The zero-order chi connectivity index (χ0) is 15.0. The molecular formula is C15H20N2O4. The van der Waals surface area contributed by atoms with Crippen LogP contribution in [0.4, 0.5) is 5.69 Å². The molecule has 6 nitrogen and oxygen atoms in total. The summed E-state index contributed by atoms with van der Waals surface area (Å²) in [4.78, 5) is 14.8. The number of hydrogen-bond donors (Lipinski definition) is 1. The number of carbonyl (C=O) groups is 1. The summed E-state index contributed by atoms with van der Waals surface area (Å²) < 4.78 is 16.2. The van der Waals surface area contributed by atoms with Gasteiger partial charge in [0.1, 0.15) is 5.56 Å². The van der Waals surface area contributed by atoms with Crippen molar-refractivity contribution in [2.45, 2.75) is 18.9 Å². The molecule has 0 bridgehead atoms. The van der Waals surface area contributed by atoms with Crippen molar-refractivity contribution in [3.8, 4) is 17.2 Å². The van der Waals surface area contributed by atoms with Gasteiger partial charge in [0.25, 0.3) is 5.91 Å². The second-order valence-electron chi connectivity index (χ2n) is 5.24. The highest BCUT2D eigenvalue weighted by molar-refractivity contribution is 6.04. The second kappa shape index (κ2) is 5.35. The third-order valence-electron chi connectivity index (χ3n) is 4.21. The molecule has 0 aliphatic carbocycles. The quantitative estimate of drug-likeness (QED) is 0.919. The normalized spacial score (nSPS) is 20.2. The highest BCUT2D eigenvalue weighted by Gasteiger charge is 2.37. The first-order valence-electron chi connectivity index (χ1n) is 7.09. The van der Waals surface area contributed by atoms with Gasteiger partial charge in [-0.2, -0.15) is 0 Å². The van der Waals surface area contributed by atoms with Crippen molar-refractivity contribution in [2.24, 2.45) is 0 Å². The highest BCUT2D eigenvalue weighted by atomic mass is 16.5. The van der Waals surface area contributed by atoms with Gasteiger partial charge < -0.3 is 24.4 Å². The van der Waals surface area contributed by atoms with Crippen molar-refractivity contribution in [1.82, 2.24) is 4.90 Å². The summed E-state index contributed by atoms with van der Waals surface area (Å²) in [5.41, 5.74) is 1.27. The van der Waals surface area contributed by atoms with E-state index in [9.17, 15) is 4.79 Å². The number of ether oxygens (including phenoxy) is 3. The zero-order valence-electron chi connectivity index (χ0n) is 12.6. The number of fused-ring (bicyclic) bond motifs is 2. The van der Waals surface area contributed by atoms with Crippen LogP contribution in [0, 0.1) is 0 Å². The summed E-state index contributed by atoms with van der Waals surface area (Å²) in [6.45, 7) is 1.54. The Morgan fingerprint density at radius 1 is 1.19 bits per heavy atom. The SMILES string of the molecule is COc1cc2c(c(OC)c1OC)C(=O)N1CCCC1CN2. The molecule has 1 aromatic carbocycles. The van der Waals surface area contributed by atoms with E-state index < -0.39 is 0 Å². The smallest absolute Gasteiger partial charge is 0.260 e. The van der Waals surface area contributed by atoms with Crippen LogP contribution in [0.2, 0.25) is 0 Å². The summed E-state index contributed by atoms with van der Waals surface area (Å²) in [7, 11) is 4.65. The van der Waals surface area contributed by atoms with Crippen molar-refractivity contribution in [3.05, 3.63) is 11.6 Å². The molecule has 1 aromatic rings. The lowest BCUT2D eigenvalue weighted by atomic mass is 10.1. The molecule has 21 heavy (non-hydrogen) atoms. The molecule has 1 N–H and O–H groups in total. The van der Waals surface area contributed by atoms with Crippen LogP contribution in [0.3, 0.4) is 0 Å². The molecule has 0 spiro atoms. The van der Waals surface area contributed by atoms with E-state index in [2.05, 4.69) is 5.32 Å². The maximum atomic E-state index is 12.9. The Morgan fingerprint density at radius 3 is 2.62 bits per heavy atom. The Kier molecular flexibility index (Phi) is 3.53. The van der Waals surface area contributed by atoms with Crippen molar-refractivity contribution >= 4 is 11.6 Å². The number of rotatable bonds is 3. The number of benzene rings is 1. The van der Waals surface area contributed by atoms with Crippen LogP contribution >= 0.6 is 0 Å². The van der Waals surface area contributed by atoms with E-state index >= 15 is 0 Å². The number of carbonyl (C=O) groups excluding carboxylic acids is 1. The minimum Gasteiger partial charge on any atom is -0.493 e. The van der Waals surface area contributed by atoms with E-state index in [0.717, 1.165) is 31.6 Å². The molecule has 2 aliphatic heterocycles. The van der Waals surface area contributed by atoms with E-state index in [-0.39, 0.29) is 11.9 Å². The predicted molar refractivity (Wildman–Crippen MR) is 78.6 cm³/mol. The van der Waals surface area contributed by atoms with E-state index in [1.54, 1.807) is 20.3 Å². The predicted octanol–water partition coefficient (Wildman–Crippen LogP) is 1.74. The number of methoxy groups -OCH3 is 3. The Labute approximate surface area is 124 Å². The summed E-state index contributed by atoms with van der Waals surface area (Å²) >= 11 is 0. The van der Waals surface area contributed by atoms with Crippen LogP contribution in [0.1, 0.15) is 23.2 Å². The largest absolute Gasteiger partial charge is 0.493 e. The molecular weight excluding hydrogens is 272 g/mol. The van der Waals surface area contributed by atoms with Crippen molar-refractivity contribution in [1.29, 1.82) is 0 Å². The van der Waals surface area contributed by atoms with Gasteiger partial charge in [-0.1, -0.05) is 0 Å². The summed E-state index contributed by atoms with van der Waals surface area (Å²) in [6, 6.07) is 2.04. The first-order valence-corrected chi connectivity index (χ1v) is 7.09. The lowest BCUT2D eigenvalue weighted by Crippen LogP contribution is -2.37. The van der Waals surface area contributed by atoms with Gasteiger partial charge in [0.2, 0.25) is 5.75 Å². The van der Waals surface area contributed by atoms with Crippen molar-refractivity contribution in [3.63, 3.8) is 0 Å². The number of anilines is 1. The van der Waals surface area contributed by atoms with Gasteiger partial charge in [0.15, 0.2) is 11.5 Å². The number of nitrogens with zero attached hydrogens (tertiary/aromatic N) is 1. The standard InChI is InChI=1S/C15H20N2O4/c1-19-11-7-10-12(14(21-3)13(11)20-2)15(18)17-6-4-5-9(17)8-16-10/h7,9,16H,4-6,8H2,1-3H3. The molecule has 1 unspecified atom stereocenters. The molecule has 2 aliphatic rings. The maximum absolute atomic E-state index is 12.9. The molecule has 1 amide bonds. The molecule has 0 aromatic heterocycles. The van der Waals surface area contributed by atoms with Crippen LogP contribution in [-0.4, -0.2) is 51.3 Å². The fourth-order valence-corrected chi connectivity index (χ4v) is 3.19. The molecule has 0 saturated carbocycles. The van der Waals surface area contributed by atoms with Gasteiger partial charge in [-0.3, -0.25) is 4.79 Å². The van der Waals surface area contributed by atoms with E-state index in [4.69, 9.17) is 14.2 Å². The van der Waals surface area contributed by atoms with Crippen molar-refractivity contribution in [2.75, 3.05) is 39.7 Å². The third-order valence-corrected chi connectivity index (χ3v) is 4.21. The molecule has 1 atom stereocenters. The Bertz CT molecular complexity index is 573. The van der Waals surface area contributed by atoms with Crippen molar-refractivity contribution < 1.29 is 19.0 Å². The molecule has 0 radical (unpaired) electrons. The van der Waals surface area contributed by atoms with Gasteiger partial charge in [-0.05, 0) is 12.8 Å². The van der Waals surface area contributed by atoms with Crippen LogP contribution in [0.5, 0.6) is 17.2 Å². The van der Waals surface area contributed by atoms with Gasteiger partial charge in [-0.25, -0.2) is 0 Å². The lowest BCUT2D eigenvalue weighted by Gasteiger charge is -2.22. The van der Waals surface area contributed by atoms with Gasteiger partial charge in [-0.15, -0.1) is 0 Å². The minimum atomic E-state index is -0.00435. The summed E-state index contributed by atoms with van der Waals surface area (Å²) in [5, 5.41) is 3.35. The number of hydrogen-bond acceptors (Lipinski definition) is 5. The maximum Gasteiger partial charge on any atom is 0.260 e. The topological polar surface area (TPSA) is 60.0 Å². The molecule has 1 saturated heterocycles. The van der Waals surface area contributed by atoms with Crippen LogP contribution in [0.25, 0.3) is 0 Å². The average Bonchev–Trinajstić information content (AvgIpc) is 2.94. The summed E-state index contributed by atoms with van der Waals surface area (Å²) in [5.74, 6) is 1.43. The number of nitrogens with one attached hydrogen (secondary N) is 1. The molecule has 114 valence electrons. The monoisotopic (exact) mass is 292 g/mol. The Hall–Kier alpha value is -2.11. The zero-order valence-corrected chi connectivity index (χ0v) is 12.6. The molecule has 2 heterocycles. The van der Waals surface area contributed by atoms with Crippen LogP contribution < -0.4 is 19.5 Å². The average molecular weight is 292 g/mol. The van der Waals surface area contributed by atoms with Gasteiger partial charge in [0, 0.05) is 25.2 Å². The highest BCUT2D eigenvalue weighted by Crippen LogP contribution is 2.46. The molecule has 3 rings (SSSR count). The molecule has 1 fully saturated rings. The molecule has 6 heteroatoms. The van der Waals surface area contributed by atoms with E-state index in [1.807, 2.05) is 4.90 Å². The van der Waals surface area contributed by atoms with Gasteiger partial charge in [0.05, 0.1) is 27.0 Å². The first-order chi connectivity index (χ1) is 10.2. The second-order valence-corrected chi connectivity index (χ2v) is 5.24. The van der Waals surface area contributed by atoms with Crippen LogP contribution in [-0.2, 0) is 0 Å². The fourth-order valence-electron chi connectivity index (χ4n) is 3.19. The lowest BCUT2D eigenvalue weighted by molar-refractivity contribution is 0.0746. The first kappa shape index (κ1) is 13.9. The Balaban J connectivity index is 2.18. The minimum absolute atomic E-state index is 0.00435. The number of amides is 1. The third kappa shape index (κ3) is 2.05. The van der Waals surface area contributed by atoms with E-state index in [0.29, 0.717) is 22.8 Å². The summed E-state index contributed by atoms with van der Waals surface area (Å²) in [6.07, 6.45) is 2.08. The Morgan fingerprint density at radius 2 is 1.95 bits per heavy atom. The van der Waals surface area contributed by atoms with Crippen LogP contribution in [0.15, 0.2) is 6.07 Å².